The summed E-state index contributed by atoms with van der Waals surface area (Å²) in [5.41, 5.74) is 10.8. The third kappa shape index (κ3) is 2.60. The number of ether oxygens (including phenoxy) is 1. The Balaban J connectivity index is 2.18. The van der Waals surface area contributed by atoms with Gasteiger partial charge in [0.1, 0.15) is 5.76 Å². The van der Waals surface area contributed by atoms with Gasteiger partial charge in [0.2, 0.25) is 5.91 Å². The summed E-state index contributed by atoms with van der Waals surface area (Å²) in [5.74, 6) is -0.858. The van der Waals surface area contributed by atoms with E-state index in [1.165, 1.54) is 30.5 Å². The van der Waals surface area contributed by atoms with Crippen LogP contribution < -0.4 is 16.2 Å². The number of nitrogens with two attached hydrogens (primary N) is 2. The highest BCUT2D eigenvalue weighted by atomic mass is 19.1. The molecule has 1 aliphatic rings. The number of hydrogen-bond acceptors (Lipinski definition) is 3. The fraction of sp³-hybridized carbons (Fsp3) is 0.0833. The maximum absolute atomic E-state index is 13.5. The van der Waals surface area contributed by atoms with Crippen LogP contribution in [0.4, 0.5) is 10.1 Å². The highest BCUT2D eigenvalue weighted by Crippen LogP contribution is 2.24. The lowest BCUT2D eigenvalue weighted by Gasteiger charge is -2.27. The van der Waals surface area contributed by atoms with E-state index < -0.39 is 17.8 Å². The number of nitrogen functional groups attached to an aromatic ring is 1. The molecule has 1 aliphatic heterocycles. The minimum absolute atomic E-state index is 0.0187. The summed E-state index contributed by atoms with van der Waals surface area (Å²) in [4.78, 5) is 11.0. The highest BCUT2D eigenvalue weighted by Gasteiger charge is 2.09. The molecule has 0 aliphatic carbocycles. The van der Waals surface area contributed by atoms with E-state index in [1.807, 2.05) is 0 Å². The molecule has 1 amide bonds. The molecule has 0 saturated heterocycles. The largest absolute Gasteiger partial charge is 0.677 e. The van der Waals surface area contributed by atoms with E-state index in [-0.39, 0.29) is 5.75 Å². The van der Waals surface area contributed by atoms with Gasteiger partial charge < -0.3 is 21.5 Å². The van der Waals surface area contributed by atoms with Crippen molar-refractivity contribution in [3.8, 4) is 5.75 Å². The number of hydrogen-bond donors (Lipinski definition) is 2. The zero-order valence-corrected chi connectivity index (χ0v) is 9.34. The zero-order chi connectivity index (χ0) is 13.1. The Morgan fingerprint density at radius 1 is 1.44 bits per heavy atom. The number of nitrogens with zero attached hydrogens (tertiary/aromatic N) is 1. The quantitative estimate of drug-likeness (QED) is 0.792. The van der Waals surface area contributed by atoms with E-state index >= 15 is 0 Å². The monoisotopic (exact) mass is 248 g/mol. The lowest BCUT2D eigenvalue weighted by atomic mass is 10.2. The molecule has 0 unspecified atom stereocenters. The van der Waals surface area contributed by atoms with Crippen molar-refractivity contribution in [2.24, 2.45) is 5.73 Å². The van der Waals surface area contributed by atoms with Gasteiger partial charge in [-0.05, 0) is 30.3 Å². The van der Waals surface area contributed by atoms with Crippen LogP contribution in [-0.2, 0) is 4.79 Å². The van der Waals surface area contributed by atoms with Crippen LogP contribution in [0.15, 0.2) is 42.3 Å². The number of benzene rings is 1. The third-order valence-electron chi connectivity index (χ3n) is 2.28. The predicted octanol–water partition coefficient (Wildman–Crippen LogP) is 1.43. The Morgan fingerprint density at radius 3 is 2.89 bits per heavy atom. The van der Waals surface area contributed by atoms with E-state index in [0.717, 1.165) is 6.07 Å². The van der Waals surface area contributed by atoms with Crippen LogP contribution in [-0.4, -0.2) is 11.9 Å². The normalized spacial score (nSPS) is 17.8. The maximum Gasteiger partial charge on any atom is 0.206 e. The average molecular weight is 248 g/mol. The number of allylic oxidation sites excluding steroid dienone is 1. The summed E-state index contributed by atoms with van der Waals surface area (Å²) >= 11 is 0. The van der Waals surface area contributed by atoms with Crippen molar-refractivity contribution in [1.82, 2.24) is 0 Å². The third-order valence-corrected chi connectivity index (χ3v) is 2.28. The van der Waals surface area contributed by atoms with Gasteiger partial charge in [0.15, 0.2) is 11.6 Å². The molecular weight excluding hydrogens is 237 g/mol. The SMILES string of the molecule is NC(=O)[C@H]1C=C(Oc2ccc(N)cc2F)C=C[N-]1. The molecule has 0 saturated carbocycles. The number of amides is 1. The Bertz CT molecular complexity index is 540. The molecule has 2 rings (SSSR count). The molecular formula is C12H11FN3O2-. The molecule has 1 aromatic rings. The van der Waals surface area contributed by atoms with Gasteiger partial charge in [0, 0.05) is 11.8 Å². The fourth-order valence-corrected chi connectivity index (χ4v) is 1.41. The number of carbonyl (C=O) groups excluding carboxylic acids is 1. The van der Waals surface area contributed by atoms with Gasteiger partial charge in [-0.15, -0.1) is 0 Å². The average Bonchev–Trinajstić information content (AvgIpc) is 2.33. The van der Waals surface area contributed by atoms with Crippen LogP contribution in [0, 0.1) is 5.82 Å². The number of carbonyl (C=O) groups is 1. The minimum Gasteiger partial charge on any atom is -0.677 e. The van der Waals surface area contributed by atoms with Gasteiger partial charge in [-0.3, -0.25) is 4.79 Å². The van der Waals surface area contributed by atoms with Gasteiger partial charge in [-0.2, -0.15) is 6.20 Å². The topological polar surface area (TPSA) is 92.4 Å². The van der Waals surface area contributed by atoms with Crippen LogP contribution >= 0.6 is 0 Å². The van der Waals surface area contributed by atoms with Crippen molar-refractivity contribution in [2.45, 2.75) is 6.04 Å². The number of anilines is 1. The molecule has 1 heterocycles. The smallest absolute Gasteiger partial charge is 0.206 e. The van der Waals surface area contributed by atoms with Crippen LogP contribution in [0.2, 0.25) is 0 Å². The predicted molar refractivity (Wildman–Crippen MR) is 65.0 cm³/mol. The fourth-order valence-electron chi connectivity index (χ4n) is 1.41. The molecule has 0 radical (unpaired) electrons. The molecule has 4 N–H and O–H groups in total. The second-order valence-corrected chi connectivity index (χ2v) is 3.67. The van der Waals surface area contributed by atoms with Gasteiger partial charge in [0.25, 0.3) is 0 Å². The first-order valence-corrected chi connectivity index (χ1v) is 5.17. The first kappa shape index (κ1) is 12.0. The van der Waals surface area contributed by atoms with E-state index in [2.05, 4.69) is 5.32 Å². The van der Waals surface area contributed by atoms with Gasteiger partial charge in [-0.25, -0.2) is 4.39 Å². The van der Waals surface area contributed by atoms with Crippen LogP contribution in [0.25, 0.3) is 5.32 Å². The van der Waals surface area contributed by atoms with E-state index in [4.69, 9.17) is 16.2 Å². The summed E-state index contributed by atoms with van der Waals surface area (Å²) in [6.07, 6.45) is 4.31. The standard InChI is InChI=1S/C12H11FN3O2/c13-9-5-7(14)1-2-11(9)18-8-3-4-16-10(6-8)12(15)17/h1-6,10H,14H2,(H2,15,17)/q-1/t10-/m1/s1. The molecule has 1 aromatic carbocycles. The van der Waals surface area contributed by atoms with Crippen LogP contribution in [0.3, 0.4) is 0 Å². The molecule has 18 heavy (non-hydrogen) atoms. The van der Waals surface area contributed by atoms with Crippen molar-refractivity contribution >= 4 is 11.6 Å². The van der Waals surface area contributed by atoms with Gasteiger partial charge in [-0.1, -0.05) is 0 Å². The first-order chi connectivity index (χ1) is 8.56. The lowest BCUT2D eigenvalue weighted by molar-refractivity contribution is -0.117. The number of rotatable bonds is 3. The van der Waals surface area contributed by atoms with Crippen molar-refractivity contribution in [1.29, 1.82) is 0 Å². The number of primary amides is 1. The Kier molecular flexibility index (Phi) is 3.18. The highest BCUT2D eigenvalue weighted by molar-refractivity contribution is 5.85. The minimum atomic E-state index is -0.790. The van der Waals surface area contributed by atoms with Crippen LogP contribution in [0.1, 0.15) is 0 Å². The van der Waals surface area contributed by atoms with Gasteiger partial charge in [0.05, 0.1) is 0 Å². The summed E-state index contributed by atoms with van der Waals surface area (Å²) in [6.45, 7) is 0. The summed E-state index contributed by atoms with van der Waals surface area (Å²) in [5, 5.41) is 3.83. The number of halogens is 1. The summed E-state index contributed by atoms with van der Waals surface area (Å²) in [6, 6.07) is 3.28. The molecule has 0 spiro atoms. The molecule has 6 heteroatoms. The lowest BCUT2D eigenvalue weighted by Crippen LogP contribution is -2.27. The molecule has 0 fully saturated rings. The Morgan fingerprint density at radius 2 is 2.22 bits per heavy atom. The van der Waals surface area contributed by atoms with Crippen molar-refractivity contribution in [3.05, 3.63) is 53.4 Å². The van der Waals surface area contributed by atoms with Crippen molar-refractivity contribution in [3.63, 3.8) is 0 Å². The second-order valence-electron chi connectivity index (χ2n) is 3.67. The summed E-state index contributed by atoms with van der Waals surface area (Å²) in [7, 11) is 0. The summed E-state index contributed by atoms with van der Waals surface area (Å²) < 4.78 is 18.8. The second kappa shape index (κ2) is 4.79. The van der Waals surface area contributed by atoms with E-state index in [1.54, 1.807) is 0 Å². The first-order valence-electron chi connectivity index (χ1n) is 5.17. The van der Waals surface area contributed by atoms with Crippen molar-refractivity contribution in [2.75, 3.05) is 5.73 Å². The Hall–Kier alpha value is -2.50. The molecule has 5 nitrogen and oxygen atoms in total. The molecule has 0 bridgehead atoms. The maximum atomic E-state index is 13.5. The van der Waals surface area contributed by atoms with Gasteiger partial charge >= 0.3 is 0 Å². The zero-order valence-electron chi connectivity index (χ0n) is 9.34. The molecule has 0 aromatic heterocycles. The van der Waals surface area contributed by atoms with E-state index in [9.17, 15) is 9.18 Å². The van der Waals surface area contributed by atoms with Crippen molar-refractivity contribution < 1.29 is 13.9 Å². The molecule has 94 valence electrons. The van der Waals surface area contributed by atoms with E-state index in [0.29, 0.717) is 11.4 Å². The van der Waals surface area contributed by atoms with Crippen LogP contribution in [0.5, 0.6) is 5.75 Å². The molecule has 1 atom stereocenters. The Labute approximate surface area is 103 Å².